The Morgan fingerprint density at radius 2 is 2.00 bits per heavy atom. The second kappa shape index (κ2) is 7.32. The highest BCUT2D eigenvalue weighted by atomic mass is 32.2. The summed E-state index contributed by atoms with van der Waals surface area (Å²) >= 11 is 1.48. The van der Waals surface area contributed by atoms with E-state index in [1.807, 2.05) is 49.4 Å². The van der Waals surface area contributed by atoms with E-state index in [0.717, 1.165) is 11.3 Å². The van der Waals surface area contributed by atoms with Gasteiger partial charge in [0.15, 0.2) is 5.69 Å². The molecule has 8 heteroatoms. The molecule has 0 spiro atoms. The third kappa shape index (κ3) is 3.23. The molecule has 1 amide bonds. The summed E-state index contributed by atoms with van der Waals surface area (Å²) in [7, 11) is 0. The number of hydrogen-bond acceptors (Lipinski definition) is 7. The Balaban J connectivity index is 1.95. The fourth-order valence-electron chi connectivity index (χ4n) is 2.96. The normalized spacial score (nSPS) is 15.3. The van der Waals surface area contributed by atoms with Gasteiger partial charge >= 0.3 is 0 Å². The van der Waals surface area contributed by atoms with Crippen LogP contribution in [-0.4, -0.2) is 31.8 Å². The van der Waals surface area contributed by atoms with Gasteiger partial charge in [0, 0.05) is 18.7 Å². The first-order chi connectivity index (χ1) is 13.2. The average Bonchev–Trinajstić information content (AvgIpc) is 2.83. The minimum Gasteiger partial charge on any atom is -0.445 e. The Kier molecular flexibility index (Phi) is 4.72. The Morgan fingerprint density at radius 1 is 1.19 bits per heavy atom. The molecule has 0 bridgehead atoms. The number of hydrogen-bond donors (Lipinski definition) is 0. The van der Waals surface area contributed by atoms with Crippen molar-refractivity contribution in [2.75, 3.05) is 10.7 Å². The maximum atomic E-state index is 12.6. The zero-order valence-electron chi connectivity index (χ0n) is 14.9. The van der Waals surface area contributed by atoms with E-state index < -0.39 is 6.23 Å². The summed E-state index contributed by atoms with van der Waals surface area (Å²) in [6, 6.07) is 13.0. The number of benzene rings is 1. The van der Waals surface area contributed by atoms with Gasteiger partial charge < -0.3 is 4.74 Å². The van der Waals surface area contributed by atoms with Gasteiger partial charge in [-0.05, 0) is 24.0 Å². The highest BCUT2D eigenvalue weighted by Crippen LogP contribution is 2.42. The third-order valence-corrected chi connectivity index (χ3v) is 4.79. The molecule has 4 rings (SSSR count). The summed E-state index contributed by atoms with van der Waals surface area (Å²) in [4.78, 5) is 23.1. The smallest absolute Gasteiger partial charge is 0.247 e. The lowest BCUT2D eigenvalue weighted by atomic mass is 10.1. The summed E-state index contributed by atoms with van der Waals surface area (Å²) in [6.07, 6.45) is 0.924. The van der Waals surface area contributed by atoms with E-state index >= 15 is 0 Å². The summed E-state index contributed by atoms with van der Waals surface area (Å²) in [5.41, 5.74) is 2.55. The topological polar surface area (TPSA) is 81.1 Å². The first-order valence-corrected chi connectivity index (χ1v) is 9.52. The van der Waals surface area contributed by atoms with Gasteiger partial charge in [-0.15, -0.1) is 10.2 Å². The molecule has 2 aromatic heterocycles. The first kappa shape index (κ1) is 17.4. The van der Waals surface area contributed by atoms with Gasteiger partial charge in [0.05, 0.1) is 5.69 Å². The van der Waals surface area contributed by atoms with Crippen LogP contribution in [0.25, 0.3) is 11.3 Å². The van der Waals surface area contributed by atoms with E-state index in [1.54, 1.807) is 11.1 Å². The second-order valence-electron chi connectivity index (χ2n) is 5.81. The number of nitrogens with zero attached hydrogens (tertiary/aromatic N) is 5. The van der Waals surface area contributed by atoms with Crippen molar-refractivity contribution in [3.05, 3.63) is 54.4 Å². The molecule has 0 saturated heterocycles. The summed E-state index contributed by atoms with van der Waals surface area (Å²) in [6.45, 7) is 3.52. The van der Waals surface area contributed by atoms with Gasteiger partial charge in [-0.1, -0.05) is 43.0 Å². The number of aromatic nitrogens is 4. The number of rotatable bonds is 3. The van der Waals surface area contributed by atoms with Gasteiger partial charge in [0.2, 0.25) is 23.2 Å². The van der Waals surface area contributed by atoms with E-state index in [-0.39, 0.29) is 5.91 Å². The standard InChI is InChI=1S/C19H17N5O2S/c1-3-27-19-21-17-16(22-23-19)13-8-4-5-10-15(13)24(12(2)25)18(26-17)14-9-6-7-11-20-14/h4-11,18H,3H2,1-2H3/t18-/m0/s1. The molecule has 7 nitrogen and oxygen atoms in total. The Bertz CT molecular complexity index is 983. The van der Waals surface area contributed by atoms with Gasteiger partial charge in [0.1, 0.15) is 5.69 Å². The van der Waals surface area contributed by atoms with Crippen molar-refractivity contribution >= 4 is 23.4 Å². The van der Waals surface area contributed by atoms with Crippen LogP contribution in [-0.2, 0) is 4.79 Å². The van der Waals surface area contributed by atoms with Crippen LogP contribution >= 0.6 is 11.8 Å². The van der Waals surface area contributed by atoms with Crippen LogP contribution in [0.5, 0.6) is 5.88 Å². The van der Waals surface area contributed by atoms with Gasteiger partial charge in [-0.25, -0.2) is 0 Å². The molecule has 1 aliphatic rings. The van der Waals surface area contributed by atoms with Crippen LogP contribution in [0.15, 0.2) is 53.8 Å². The number of amides is 1. The molecule has 0 fully saturated rings. The molecular weight excluding hydrogens is 362 g/mol. The summed E-state index contributed by atoms with van der Waals surface area (Å²) in [5, 5.41) is 9.07. The van der Waals surface area contributed by atoms with Crippen molar-refractivity contribution in [1.82, 2.24) is 20.2 Å². The van der Waals surface area contributed by atoms with Crippen LogP contribution in [0.1, 0.15) is 25.8 Å². The molecule has 1 aliphatic heterocycles. The number of para-hydroxylation sites is 1. The van der Waals surface area contributed by atoms with Crippen molar-refractivity contribution in [2.24, 2.45) is 0 Å². The van der Waals surface area contributed by atoms with Crippen LogP contribution in [0.4, 0.5) is 5.69 Å². The fourth-order valence-corrected chi connectivity index (χ4v) is 3.46. The van der Waals surface area contributed by atoms with Crippen molar-refractivity contribution < 1.29 is 9.53 Å². The molecule has 3 heterocycles. The largest absolute Gasteiger partial charge is 0.445 e. The molecule has 1 atom stereocenters. The number of carbonyl (C=O) groups excluding carboxylic acids is 1. The molecule has 0 saturated carbocycles. The third-order valence-electron chi connectivity index (χ3n) is 4.07. The highest BCUT2D eigenvalue weighted by molar-refractivity contribution is 7.99. The summed E-state index contributed by atoms with van der Waals surface area (Å²) < 4.78 is 6.20. The lowest BCUT2D eigenvalue weighted by Gasteiger charge is -2.29. The zero-order chi connectivity index (χ0) is 18.8. The molecule has 0 N–H and O–H groups in total. The predicted octanol–water partition coefficient (Wildman–Crippen LogP) is 3.49. The van der Waals surface area contributed by atoms with Crippen LogP contribution in [0.3, 0.4) is 0 Å². The number of fused-ring (bicyclic) bond motifs is 3. The molecule has 1 aromatic carbocycles. The molecule has 27 heavy (non-hydrogen) atoms. The SMILES string of the molecule is CCSc1nnc2c(n1)O[C@@H](c1ccccn1)N(C(C)=O)c1ccccc1-2. The van der Waals surface area contributed by atoms with E-state index in [0.29, 0.717) is 28.1 Å². The Labute approximate surface area is 160 Å². The van der Waals surface area contributed by atoms with Crippen LogP contribution in [0, 0.1) is 0 Å². The molecule has 0 aliphatic carbocycles. The van der Waals surface area contributed by atoms with Crippen LogP contribution in [0.2, 0.25) is 0 Å². The maximum Gasteiger partial charge on any atom is 0.247 e. The Hall–Kier alpha value is -3.00. The van der Waals surface area contributed by atoms with E-state index in [1.165, 1.54) is 18.7 Å². The minimum absolute atomic E-state index is 0.165. The van der Waals surface area contributed by atoms with Crippen LogP contribution < -0.4 is 9.64 Å². The number of anilines is 1. The van der Waals surface area contributed by atoms with Gasteiger partial charge in [0.25, 0.3) is 0 Å². The Morgan fingerprint density at radius 3 is 2.74 bits per heavy atom. The number of ether oxygens (including phenoxy) is 1. The van der Waals surface area contributed by atoms with Crippen molar-refractivity contribution in [3.63, 3.8) is 0 Å². The van der Waals surface area contributed by atoms with Gasteiger partial charge in [-0.3, -0.25) is 14.7 Å². The molecule has 0 radical (unpaired) electrons. The van der Waals surface area contributed by atoms with E-state index in [2.05, 4.69) is 20.2 Å². The first-order valence-electron chi connectivity index (χ1n) is 8.53. The van der Waals surface area contributed by atoms with Crippen molar-refractivity contribution in [3.8, 4) is 17.1 Å². The quantitative estimate of drug-likeness (QED) is 0.644. The average molecular weight is 379 g/mol. The number of thioether (sulfide) groups is 1. The molecule has 3 aromatic rings. The van der Waals surface area contributed by atoms with Crippen molar-refractivity contribution in [1.29, 1.82) is 0 Å². The molecule has 0 unspecified atom stereocenters. The molecule has 136 valence electrons. The zero-order valence-corrected chi connectivity index (χ0v) is 15.7. The van der Waals surface area contributed by atoms with E-state index in [4.69, 9.17) is 4.74 Å². The maximum absolute atomic E-state index is 12.6. The molecular formula is C19H17N5O2S. The minimum atomic E-state index is -0.748. The van der Waals surface area contributed by atoms with Gasteiger partial charge in [-0.2, -0.15) is 4.98 Å². The highest BCUT2D eigenvalue weighted by Gasteiger charge is 2.35. The predicted molar refractivity (Wildman–Crippen MR) is 102 cm³/mol. The fraction of sp³-hybridized carbons (Fsp3) is 0.211. The monoisotopic (exact) mass is 379 g/mol. The second-order valence-corrected chi connectivity index (χ2v) is 7.04. The lowest BCUT2D eigenvalue weighted by Crippen LogP contribution is -2.36. The number of pyridine rings is 1. The lowest BCUT2D eigenvalue weighted by molar-refractivity contribution is -0.118. The van der Waals surface area contributed by atoms with E-state index in [9.17, 15) is 4.79 Å². The van der Waals surface area contributed by atoms with Crippen molar-refractivity contribution in [2.45, 2.75) is 25.2 Å². The summed E-state index contributed by atoms with van der Waals surface area (Å²) in [5.74, 6) is 0.996. The number of carbonyl (C=O) groups is 1.